The van der Waals surface area contributed by atoms with Crippen molar-refractivity contribution >= 4 is 29.0 Å². The van der Waals surface area contributed by atoms with Crippen LogP contribution in [-0.2, 0) is 16.0 Å². The van der Waals surface area contributed by atoms with Gasteiger partial charge in [-0.25, -0.2) is 4.98 Å². The van der Waals surface area contributed by atoms with Crippen LogP contribution in [0.3, 0.4) is 0 Å². The van der Waals surface area contributed by atoms with Gasteiger partial charge < -0.3 is 25.0 Å². The van der Waals surface area contributed by atoms with Crippen LogP contribution in [0.25, 0.3) is 5.65 Å². The molecule has 14 heteroatoms. The van der Waals surface area contributed by atoms with E-state index in [-0.39, 0.29) is 41.0 Å². The fraction of sp³-hybridized carbons (Fsp3) is 0.519. The molecule has 1 saturated heterocycles. The van der Waals surface area contributed by atoms with Crippen molar-refractivity contribution in [3.05, 3.63) is 42.0 Å². The molecule has 3 aromatic rings. The molecule has 41 heavy (non-hydrogen) atoms. The van der Waals surface area contributed by atoms with Gasteiger partial charge in [0.15, 0.2) is 5.65 Å². The van der Waals surface area contributed by atoms with Crippen LogP contribution in [0.4, 0.5) is 18.9 Å². The molecule has 0 aromatic carbocycles. The van der Waals surface area contributed by atoms with Crippen molar-refractivity contribution in [3.8, 4) is 11.8 Å². The van der Waals surface area contributed by atoms with Gasteiger partial charge in [0.2, 0.25) is 0 Å². The van der Waals surface area contributed by atoms with E-state index in [4.69, 9.17) is 9.47 Å². The highest BCUT2D eigenvalue weighted by Gasteiger charge is 2.34. The molecular formula is C27H32F3N7O3S. The first-order valence-corrected chi connectivity index (χ1v) is 14.3. The number of ether oxygens (including phenoxy) is 2. The maximum Gasteiger partial charge on any atom is 0.447 e. The third-order valence-electron chi connectivity index (χ3n) is 7.01. The average Bonchev–Trinajstić information content (AvgIpc) is 3.54. The minimum Gasteiger partial charge on any atom is -0.379 e. The maximum absolute atomic E-state index is 13.5. The Hall–Kier alpha value is -3.25. The van der Waals surface area contributed by atoms with Gasteiger partial charge in [-0.3, -0.25) is 13.9 Å². The fourth-order valence-corrected chi connectivity index (χ4v) is 5.67. The largest absolute Gasteiger partial charge is 0.447 e. The predicted molar refractivity (Wildman–Crippen MR) is 148 cm³/mol. The number of hydrogen-bond acceptors (Lipinski definition) is 8. The third-order valence-corrected chi connectivity index (χ3v) is 7.82. The summed E-state index contributed by atoms with van der Waals surface area (Å²) in [5.41, 5.74) is -3.18. The third kappa shape index (κ3) is 7.73. The molecule has 2 N–H and O–H groups in total. The van der Waals surface area contributed by atoms with Gasteiger partial charge in [0.25, 0.3) is 5.91 Å². The second-order valence-corrected chi connectivity index (χ2v) is 11.0. The van der Waals surface area contributed by atoms with Crippen LogP contribution in [-0.4, -0.2) is 94.6 Å². The van der Waals surface area contributed by atoms with Crippen molar-refractivity contribution in [2.24, 2.45) is 5.92 Å². The maximum atomic E-state index is 13.5. The molecule has 5 rings (SSSR count). The molecule has 2 atom stereocenters. The number of imidazole rings is 1. The zero-order chi connectivity index (χ0) is 28.8. The number of hydrogen-bond donors (Lipinski definition) is 2. The minimum atomic E-state index is -4.53. The minimum absolute atomic E-state index is 0.00429. The van der Waals surface area contributed by atoms with Crippen molar-refractivity contribution in [3.63, 3.8) is 0 Å². The van der Waals surface area contributed by atoms with E-state index in [9.17, 15) is 18.0 Å². The summed E-state index contributed by atoms with van der Waals surface area (Å²) in [6.07, 6.45) is 6.29. The summed E-state index contributed by atoms with van der Waals surface area (Å²) >= 11 is -0.255. The number of rotatable bonds is 1. The van der Waals surface area contributed by atoms with Crippen molar-refractivity contribution in [1.29, 1.82) is 0 Å². The van der Waals surface area contributed by atoms with Crippen molar-refractivity contribution in [2.45, 2.75) is 36.0 Å². The Morgan fingerprint density at radius 3 is 2.80 bits per heavy atom. The van der Waals surface area contributed by atoms with Gasteiger partial charge in [0.05, 0.1) is 50.4 Å². The Morgan fingerprint density at radius 2 is 1.98 bits per heavy atom. The lowest BCUT2D eigenvalue weighted by molar-refractivity contribution is -0.0330. The van der Waals surface area contributed by atoms with E-state index >= 15 is 0 Å². The lowest BCUT2D eigenvalue weighted by atomic mass is 9.89. The summed E-state index contributed by atoms with van der Waals surface area (Å²) < 4.78 is 55.2. The molecule has 220 valence electrons. The SMILES string of the molecule is CN1CCC2Nc3cccn4c(SC(F)(F)F)c(nc34)C#CCNC(=O)c3cnn(c3)CCOCCOCCC2C1. The van der Waals surface area contributed by atoms with E-state index in [0.717, 1.165) is 25.9 Å². The number of amides is 1. The molecule has 4 bridgehead atoms. The smallest absolute Gasteiger partial charge is 0.379 e. The lowest BCUT2D eigenvalue weighted by Crippen LogP contribution is -2.45. The molecule has 3 aromatic heterocycles. The number of nitrogens with one attached hydrogen (secondary N) is 2. The van der Waals surface area contributed by atoms with Crippen LogP contribution in [0.2, 0.25) is 0 Å². The van der Waals surface area contributed by atoms with E-state index in [1.165, 1.54) is 10.6 Å². The summed E-state index contributed by atoms with van der Waals surface area (Å²) in [6, 6.07) is 3.62. The van der Waals surface area contributed by atoms with Crippen molar-refractivity contribution in [2.75, 3.05) is 58.4 Å². The molecule has 2 unspecified atom stereocenters. The molecule has 2 aliphatic heterocycles. The number of pyridine rings is 1. The number of aromatic nitrogens is 4. The summed E-state index contributed by atoms with van der Waals surface area (Å²) in [5.74, 6) is 5.37. The fourth-order valence-electron chi connectivity index (χ4n) is 5.02. The zero-order valence-corrected chi connectivity index (χ0v) is 23.4. The van der Waals surface area contributed by atoms with Crippen LogP contribution in [0.5, 0.6) is 0 Å². The van der Waals surface area contributed by atoms with Crippen LogP contribution in [0, 0.1) is 17.8 Å². The Balaban J connectivity index is 1.44. The highest BCUT2D eigenvalue weighted by atomic mass is 32.2. The van der Waals surface area contributed by atoms with E-state index in [2.05, 4.69) is 44.5 Å². The quantitative estimate of drug-likeness (QED) is 0.329. The Morgan fingerprint density at radius 1 is 1.15 bits per heavy atom. The molecule has 2 aliphatic rings. The van der Waals surface area contributed by atoms with Gasteiger partial charge in [-0.2, -0.15) is 18.3 Å². The number of thioether (sulfide) groups is 1. The monoisotopic (exact) mass is 591 g/mol. The summed E-state index contributed by atoms with van der Waals surface area (Å²) in [7, 11) is 2.08. The number of nitrogens with zero attached hydrogens (tertiary/aromatic N) is 5. The van der Waals surface area contributed by atoms with Gasteiger partial charge in [-0.15, -0.1) is 0 Å². The first-order valence-electron chi connectivity index (χ1n) is 13.4. The molecule has 0 radical (unpaired) electrons. The number of fused-ring (bicyclic) bond motifs is 4. The Bertz CT molecular complexity index is 1410. The average molecular weight is 592 g/mol. The Kier molecular flexibility index (Phi) is 9.39. The Labute approximate surface area is 239 Å². The second-order valence-electron chi connectivity index (χ2n) is 9.98. The highest BCUT2D eigenvalue weighted by Crippen LogP contribution is 2.39. The van der Waals surface area contributed by atoms with E-state index in [1.54, 1.807) is 23.1 Å². The molecule has 0 spiro atoms. The number of piperidine rings is 1. The molecule has 0 saturated carbocycles. The van der Waals surface area contributed by atoms with Gasteiger partial charge in [0, 0.05) is 43.3 Å². The number of carbonyl (C=O) groups excluding carboxylic acids is 1. The normalized spacial score (nSPS) is 21.9. The van der Waals surface area contributed by atoms with Crippen LogP contribution in [0.1, 0.15) is 28.9 Å². The van der Waals surface area contributed by atoms with Crippen LogP contribution < -0.4 is 10.6 Å². The predicted octanol–water partition coefficient (Wildman–Crippen LogP) is 3.09. The first-order chi connectivity index (χ1) is 19.8. The zero-order valence-electron chi connectivity index (χ0n) is 22.6. The summed E-state index contributed by atoms with van der Waals surface area (Å²) in [4.78, 5) is 19.3. The number of carbonyl (C=O) groups is 1. The second kappa shape index (κ2) is 13.2. The highest BCUT2D eigenvalue weighted by molar-refractivity contribution is 8.00. The van der Waals surface area contributed by atoms with Crippen molar-refractivity contribution < 1.29 is 27.4 Å². The topological polar surface area (TPSA) is 98.0 Å². The van der Waals surface area contributed by atoms with E-state index in [1.807, 2.05) is 6.07 Å². The number of likely N-dealkylation sites (tertiary alicyclic amines) is 1. The van der Waals surface area contributed by atoms with E-state index in [0.29, 0.717) is 49.9 Å². The van der Waals surface area contributed by atoms with Crippen molar-refractivity contribution in [1.82, 2.24) is 29.4 Å². The van der Waals surface area contributed by atoms with E-state index < -0.39 is 11.4 Å². The molecule has 1 amide bonds. The summed E-state index contributed by atoms with van der Waals surface area (Å²) in [5, 5.41) is 10.3. The first kappa shape index (κ1) is 29.2. The molecular weight excluding hydrogens is 559 g/mol. The molecule has 0 aliphatic carbocycles. The number of alkyl halides is 3. The summed E-state index contributed by atoms with van der Waals surface area (Å²) in [6.45, 7) is 4.08. The standard InChI is InChI=1S/C27H32F3N7O3S/c1-35-10-6-21-19(17-35)7-12-39-14-15-40-13-11-36-18-20(16-32-36)25(38)31-8-2-4-23-26(41-27(28,29)30)37-9-3-5-22(33-21)24(37)34-23/h3,5,9,16,18-19,21,33H,6-8,10-15,17H2,1H3,(H,31,38). The molecule has 10 nitrogen and oxygen atoms in total. The lowest BCUT2D eigenvalue weighted by Gasteiger charge is -2.37. The number of anilines is 1. The van der Waals surface area contributed by atoms with Gasteiger partial charge in [0.1, 0.15) is 10.7 Å². The number of halogens is 3. The van der Waals surface area contributed by atoms with Gasteiger partial charge in [-0.1, -0.05) is 5.92 Å². The van der Waals surface area contributed by atoms with Crippen LogP contribution >= 0.6 is 11.8 Å². The van der Waals surface area contributed by atoms with Gasteiger partial charge >= 0.3 is 5.51 Å². The van der Waals surface area contributed by atoms with Crippen LogP contribution in [0.15, 0.2) is 35.7 Å². The molecule has 5 heterocycles. The molecule has 1 fully saturated rings. The van der Waals surface area contributed by atoms with Gasteiger partial charge in [-0.05, 0) is 50.4 Å².